The number of nitrogens with one attached hydrogen (secondary N) is 1. The van der Waals surface area contributed by atoms with Gasteiger partial charge in [0, 0.05) is 25.2 Å². The average molecular weight is 302 g/mol. The first-order chi connectivity index (χ1) is 10.6. The SMILES string of the molecule is COc1cc(CC(=O)N(C)C2CC3CCC(C2)N3)ccc1C. The number of nitrogens with zero attached hydrogens (tertiary/aromatic N) is 1. The minimum absolute atomic E-state index is 0.206. The molecule has 0 saturated carbocycles. The number of aryl methyl sites for hydroxylation is 1. The molecule has 2 fully saturated rings. The van der Waals surface area contributed by atoms with Crippen molar-refractivity contribution in [3.05, 3.63) is 29.3 Å². The van der Waals surface area contributed by atoms with Crippen LogP contribution in [-0.2, 0) is 11.2 Å². The van der Waals surface area contributed by atoms with Crippen molar-refractivity contribution in [2.75, 3.05) is 14.2 Å². The van der Waals surface area contributed by atoms with Crippen molar-refractivity contribution < 1.29 is 9.53 Å². The molecule has 2 atom stereocenters. The minimum atomic E-state index is 0.206. The summed E-state index contributed by atoms with van der Waals surface area (Å²) in [7, 11) is 3.63. The van der Waals surface area contributed by atoms with Gasteiger partial charge < -0.3 is 15.0 Å². The van der Waals surface area contributed by atoms with Gasteiger partial charge in [-0.3, -0.25) is 4.79 Å². The summed E-state index contributed by atoms with van der Waals surface area (Å²) >= 11 is 0. The number of ether oxygens (including phenoxy) is 1. The lowest BCUT2D eigenvalue weighted by Crippen LogP contribution is -2.49. The van der Waals surface area contributed by atoms with Crippen molar-refractivity contribution >= 4 is 5.91 Å². The third-order valence-electron chi connectivity index (χ3n) is 5.22. The number of rotatable bonds is 4. The molecule has 0 aliphatic carbocycles. The van der Waals surface area contributed by atoms with Gasteiger partial charge in [-0.25, -0.2) is 0 Å². The van der Waals surface area contributed by atoms with E-state index in [0.29, 0.717) is 24.5 Å². The fourth-order valence-electron chi connectivity index (χ4n) is 3.82. The zero-order chi connectivity index (χ0) is 15.7. The number of piperidine rings is 1. The van der Waals surface area contributed by atoms with Crippen LogP contribution in [0.25, 0.3) is 0 Å². The maximum Gasteiger partial charge on any atom is 0.226 e. The second kappa shape index (κ2) is 6.29. The molecule has 4 heteroatoms. The first-order valence-corrected chi connectivity index (χ1v) is 8.22. The summed E-state index contributed by atoms with van der Waals surface area (Å²) in [6, 6.07) is 7.63. The smallest absolute Gasteiger partial charge is 0.226 e. The number of likely N-dealkylation sites (N-methyl/N-ethyl adjacent to an activating group) is 1. The molecule has 2 aliphatic heterocycles. The Hall–Kier alpha value is -1.55. The van der Waals surface area contributed by atoms with Crippen molar-refractivity contribution in [3.63, 3.8) is 0 Å². The van der Waals surface area contributed by atoms with Gasteiger partial charge in [0.15, 0.2) is 0 Å². The lowest BCUT2D eigenvalue weighted by Gasteiger charge is -2.35. The maximum absolute atomic E-state index is 12.6. The summed E-state index contributed by atoms with van der Waals surface area (Å²) in [4.78, 5) is 14.6. The highest BCUT2D eigenvalue weighted by Crippen LogP contribution is 2.29. The predicted molar refractivity (Wildman–Crippen MR) is 87.2 cm³/mol. The molecule has 1 N–H and O–H groups in total. The lowest BCUT2D eigenvalue weighted by molar-refractivity contribution is -0.131. The molecular formula is C18H26N2O2. The van der Waals surface area contributed by atoms with Gasteiger partial charge in [0.1, 0.15) is 5.75 Å². The molecule has 2 unspecified atom stereocenters. The molecule has 1 aromatic rings. The summed E-state index contributed by atoms with van der Waals surface area (Å²) in [6.07, 6.45) is 5.16. The normalized spacial score (nSPS) is 26.8. The van der Waals surface area contributed by atoms with E-state index in [0.717, 1.165) is 29.7 Å². The fourth-order valence-corrected chi connectivity index (χ4v) is 3.82. The Balaban J connectivity index is 1.64. The van der Waals surface area contributed by atoms with E-state index in [1.165, 1.54) is 12.8 Å². The van der Waals surface area contributed by atoms with Crippen LogP contribution in [0.1, 0.15) is 36.8 Å². The molecule has 3 rings (SSSR count). The molecule has 2 saturated heterocycles. The van der Waals surface area contributed by atoms with E-state index in [1.807, 2.05) is 37.1 Å². The number of fused-ring (bicyclic) bond motifs is 2. The molecule has 1 aromatic carbocycles. The Labute approximate surface area is 132 Å². The fraction of sp³-hybridized carbons (Fsp3) is 0.611. The quantitative estimate of drug-likeness (QED) is 0.928. The van der Waals surface area contributed by atoms with E-state index < -0.39 is 0 Å². The molecule has 2 heterocycles. The summed E-state index contributed by atoms with van der Waals surface area (Å²) < 4.78 is 5.35. The van der Waals surface area contributed by atoms with Crippen LogP contribution in [0.3, 0.4) is 0 Å². The minimum Gasteiger partial charge on any atom is -0.496 e. The Morgan fingerprint density at radius 1 is 1.32 bits per heavy atom. The Kier molecular flexibility index (Phi) is 4.39. The van der Waals surface area contributed by atoms with Crippen LogP contribution in [0.4, 0.5) is 0 Å². The highest BCUT2D eigenvalue weighted by atomic mass is 16.5. The van der Waals surface area contributed by atoms with Crippen LogP contribution in [0.15, 0.2) is 18.2 Å². The molecule has 2 bridgehead atoms. The second-order valence-electron chi connectivity index (χ2n) is 6.75. The van der Waals surface area contributed by atoms with Crippen molar-refractivity contribution in [1.29, 1.82) is 0 Å². The van der Waals surface area contributed by atoms with Crippen molar-refractivity contribution in [2.24, 2.45) is 0 Å². The van der Waals surface area contributed by atoms with Gasteiger partial charge in [-0.2, -0.15) is 0 Å². The molecular weight excluding hydrogens is 276 g/mol. The molecule has 4 nitrogen and oxygen atoms in total. The van der Waals surface area contributed by atoms with E-state index in [-0.39, 0.29) is 5.91 Å². The van der Waals surface area contributed by atoms with E-state index in [4.69, 9.17) is 4.74 Å². The van der Waals surface area contributed by atoms with Gasteiger partial charge in [-0.15, -0.1) is 0 Å². The van der Waals surface area contributed by atoms with Crippen LogP contribution in [0, 0.1) is 6.92 Å². The zero-order valence-electron chi connectivity index (χ0n) is 13.8. The van der Waals surface area contributed by atoms with Gasteiger partial charge >= 0.3 is 0 Å². The summed E-state index contributed by atoms with van der Waals surface area (Å²) in [5.74, 6) is 1.06. The Bertz CT molecular complexity index is 546. The average Bonchev–Trinajstić information content (AvgIpc) is 2.86. The standard InChI is InChI=1S/C18H26N2O2/c1-12-4-5-13(8-17(12)22-3)9-18(21)20(2)16-10-14-6-7-15(11-16)19-14/h4-5,8,14-16,19H,6-7,9-11H2,1-3H3. The van der Waals surface area contributed by atoms with E-state index >= 15 is 0 Å². The molecule has 22 heavy (non-hydrogen) atoms. The third kappa shape index (κ3) is 3.12. The van der Waals surface area contributed by atoms with Crippen LogP contribution >= 0.6 is 0 Å². The number of hydrogen-bond donors (Lipinski definition) is 1. The van der Waals surface area contributed by atoms with Crippen LogP contribution < -0.4 is 10.1 Å². The van der Waals surface area contributed by atoms with Gasteiger partial charge in [-0.1, -0.05) is 12.1 Å². The third-order valence-corrected chi connectivity index (χ3v) is 5.22. The number of carbonyl (C=O) groups is 1. The first-order valence-electron chi connectivity index (χ1n) is 8.22. The molecule has 1 amide bonds. The van der Waals surface area contributed by atoms with E-state index in [1.54, 1.807) is 7.11 Å². The van der Waals surface area contributed by atoms with Gasteiger partial charge in [0.2, 0.25) is 5.91 Å². The number of carbonyl (C=O) groups excluding carboxylic acids is 1. The van der Waals surface area contributed by atoms with Crippen molar-refractivity contribution in [1.82, 2.24) is 10.2 Å². The number of amides is 1. The van der Waals surface area contributed by atoms with Gasteiger partial charge in [0.25, 0.3) is 0 Å². The number of hydrogen-bond acceptors (Lipinski definition) is 3. The molecule has 120 valence electrons. The topological polar surface area (TPSA) is 41.6 Å². The maximum atomic E-state index is 12.6. The second-order valence-corrected chi connectivity index (χ2v) is 6.75. The number of methoxy groups -OCH3 is 1. The summed E-state index contributed by atoms with van der Waals surface area (Å²) in [6.45, 7) is 2.02. The van der Waals surface area contributed by atoms with Gasteiger partial charge in [-0.05, 0) is 49.8 Å². The molecule has 2 aliphatic rings. The van der Waals surface area contributed by atoms with Crippen molar-refractivity contribution in [3.8, 4) is 5.75 Å². The summed E-state index contributed by atoms with van der Waals surface area (Å²) in [5, 5.41) is 3.63. The van der Waals surface area contributed by atoms with E-state index in [9.17, 15) is 4.79 Å². The first kappa shape index (κ1) is 15.3. The van der Waals surface area contributed by atoms with Crippen LogP contribution in [-0.4, -0.2) is 43.1 Å². The number of benzene rings is 1. The van der Waals surface area contributed by atoms with Crippen molar-refractivity contribution in [2.45, 2.75) is 57.2 Å². The lowest BCUT2D eigenvalue weighted by atomic mass is 9.98. The van der Waals surface area contributed by atoms with E-state index in [2.05, 4.69) is 5.32 Å². The highest BCUT2D eigenvalue weighted by Gasteiger charge is 2.36. The predicted octanol–water partition coefficient (Wildman–Crippen LogP) is 2.29. The zero-order valence-corrected chi connectivity index (χ0v) is 13.8. The van der Waals surface area contributed by atoms with Crippen LogP contribution in [0.5, 0.6) is 5.75 Å². The molecule has 0 radical (unpaired) electrons. The van der Waals surface area contributed by atoms with Crippen LogP contribution in [0.2, 0.25) is 0 Å². The highest BCUT2D eigenvalue weighted by molar-refractivity contribution is 5.79. The van der Waals surface area contributed by atoms with Gasteiger partial charge in [0.05, 0.1) is 13.5 Å². The monoisotopic (exact) mass is 302 g/mol. The largest absolute Gasteiger partial charge is 0.496 e. The Morgan fingerprint density at radius 3 is 2.64 bits per heavy atom. The molecule has 0 aromatic heterocycles. The Morgan fingerprint density at radius 2 is 2.00 bits per heavy atom. The molecule has 0 spiro atoms. The summed E-state index contributed by atoms with van der Waals surface area (Å²) in [5.41, 5.74) is 2.12.